The molecule has 176 valence electrons. The van der Waals surface area contributed by atoms with Gasteiger partial charge in [0.05, 0.1) is 17.7 Å². The molecule has 1 aliphatic heterocycles. The second-order valence-corrected chi connectivity index (χ2v) is 10.8. The van der Waals surface area contributed by atoms with E-state index in [1.54, 1.807) is 27.7 Å². The summed E-state index contributed by atoms with van der Waals surface area (Å²) in [5.41, 5.74) is 3.24. The number of hydrogen-bond acceptors (Lipinski definition) is 6. The molecule has 0 radical (unpaired) electrons. The van der Waals surface area contributed by atoms with Crippen LogP contribution in [0.1, 0.15) is 36.8 Å². The van der Waals surface area contributed by atoms with E-state index in [2.05, 4.69) is 30.9 Å². The molecule has 5 rings (SSSR count). The third-order valence-corrected chi connectivity index (χ3v) is 8.34. The fourth-order valence-electron chi connectivity index (χ4n) is 4.39. The van der Waals surface area contributed by atoms with Crippen LogP contribution < -0.4 is 10.3 Å². The molecule has 4 aromatic rings. The van der Waals surface area contributed by atoms with E-state index in [0.717, 1.165) is 52.1 Å². The zero-order valence-electron chi connectivity index (χ0n) is 19.8. The Morgan fingerprint density at radius 2 is 1.88 bits per heavy atom. The molecular weight excluding hydrogens is 462 g/mol. The highest BCUT2D eigenvalue weighted by atomic mass is 32.2. The van der Waals surface area contributed by atoms with E-state index in [4.69, 9.17) is 9.72 Å². The van der Waals surface area contributed by atoms with Crippen LogP contribution in [0.15, 0.2) is 64.5 Å². The van der Waals surface area contributed by atoms with E-state index in [9.17, 15) is 4.79 Å². The summed E-state index contributed by atoms with van der Waals surface area (Å²) in [4.78, 5) is 23.7. The van der Waals surface area contributed by atoms with Gasteiger partial charge in [0.25, 0.3) is 5.56 Å². The summed E-state index contributed by atoms with van der Waals surface area (Å²) in [6, 6.07) is 18.5. The summed E-state index contributed by atoms with van der Waals surface area (Å²) < 4.78 is 7.40. The molecular formula is C27H29N3O2S2. The van der Waals surface area contributed by atoms with Crippen LogP contribution in [0.5, 0.6) is 5.75 Å². The van der Waals surface area contributed by atoms with Crippen LogP contribution in [0.4, 0.5) is 0 Å². The van der Waals surface area contributed by atoms with Gasteiger partial charge in [0.2, 0.25) is 0 Å². The fourth-order valence-corrected chi connectivity index (χ4v) is 6.64. The predicted molar refractivity (Wildman–Crippen MR) is 142 cm³/mol. The summed E-state index contributed by atoms with van der Waals surface area (Å²) in [6.45, 7) is 8.90. The van der Waals surface area contributed by atoms with Crippen LogP contribution in [0.2, 0.25) is 0 Å². The molecule has 34 heavy (non-hydrogen) atoms. The average Bonchev–Trinajstić information content (AvgIpc) is 3.22. The Bertz CT molecular complexity index is 1340. The van der Waals surface area contributed by atoms with Gasteiger partial charge in [0, 0.05) is 29.8 Å². The largest absolute Gasteiger partial charge is 0.494 e. The van der Waals surface area contributed by atoms with Gasteiger partial charge in [-0.2, -0.15) is 0 Å². The number of aromatic nitrogens is 2. The monoisotopic (exact) mass is 491 g/mol. The topological polar surface area (TPSA) is 47.4 Å². The molecule has 3 heterocycles. The van der Waals surface area contributed by atoms with Gasteiger partial charge in [-0.05, 0) is 62.6 Å². The third kappa shape index (κ3) is 4.52. The molecule has 0 spiro atoms. The van der Waals surface area contributed by atoms with Crippen molar-refractivity contribution in [2.24, 2.45) is 0 Å². The Hall–Kier alpha value is -2.61. The summed E-state index contributed by atoms with van der Waals surface area (Å²) >= 11 is 3.29. The molecule has 7 heteroatoms. The number of thiophene rings is 1. The summed E-state index contributed by atoms with van der Waals surface area (Å²) in [5.74, 6) is 1.55. The minimum atomic E-state index is 0.0280. The Kier molecular flexibility index (Phi) is 6.77. The minimum absolute atomic E-state index is 0.0280. The maximum Gasteiger partial charge on any atom is 0.267 e. The lowest BCUT2D eigenvalue weighted by molar-refractivity contribution is 0.206. The first-order valence-electron chi connectivity index (χ1n) is 11.8. The second-order valence-electron chi connectivity index (χ2n) is 8.73. The SMILES string of the molecule is CCOc1ccc(-n2c(SCc3ccccc3)nc3sc4c(c3c2=O)CCN(C(C)C)C4)cc1. The molecule has 0 saturated carbocycles. The number of ether oxygens (including phenoxy) is 1. The molecule has 0 aliphatic carbocycles. The summed E-state index contributed by atoms with van der Waals surface area (Å²) in [6.07, 6.45) is 0.893. The number of rotatable bonds is 7. The zero-order valence-corrected chi connectivity index (χ0v) is 21.4. The molecule has 5 nitrogen and oxygen atoms in total. The van der Waals surface area contributed by atoms with Crippen molar-refractivity contribution in [1.82, 2.24) is 14.5 Å². The molecule has 0 amide bonds. The van der Waals surface area contributed by atoms with E-state index in [1.807, 2.05) is 49.4 Å². The van der Waals surface area contributed by atoms with Crippen molar-refractivity contribution in [2.45, 2.75) is 50.7 Å². The highest BCUT2D eigenvalue weighted by Gasteiger charge is 2.26. The average molecular weight is 492 g/mol. The second kappa shape index (κ2) is 9.94. The van der Waals surface area contributed by atoms with Gasteiger partial charge in [0.15, 0.2) is 5.16 Å². The van der Waals surface area contributed by atoms with Crippen molar-refractivity contribution < 1.29 is 4.74 Å². The smallest absolute Gasteiger partial charge is 0.267 e. The number of nitrogens with zero attached hydrogens (tertiary/aromatic N) is 3. The molecule has 0 unspecified atom stereocenters. The number of benzene rings is 2. The summed E-state index contributed by atoms with van der Waals surface area (Å²) in [5, 5.41) is 1.52. The molecule has 0 N–H and O–H groups in total. The quantitative estimate of drug-likeness (QED) is 0.238. The van der Waals surface area contributed by atoms with E-state index >= 15 is 0 Å². The predicted octanol–water partition coefficient (Wildman–Crippen LogP) is 5.90. The van der Waals surface area contributed by atoms with Gasteiger partial charge in [-0.15, -0.1) is 11.3 Å². The van der Waals surface area contributed by atoms with Crippen molar-refractivity contribution in [1.29, 1.82) is 0 Å². The van der Waals surface area contributed by atoms with Gasteiger partial charge in [0.1, 0.15) is 10.6 Å². The van der Waals surface area contributed by atoms with Crippen molar-refractivity contribution in [3.8, 4) is 11.4 Å². The van der Waals surface area contributed by atoms with Gasteiger partial charge in [-0.25, -0.2) is 4.98 Å². The van der Waals surface area contributed by atoms with E-state index in [1.165, 1.54) is 16.0 Å². The molecule has 0 atom stereocenters. The van der Waals surface area contributed by atoms with E-state index < -0.39 is 0 Å². The molecule has 2 aromatic heterocycles. The van der Waals surface area contributed by atoms with Crippen molar-refractivity contribution in [3.05, 3.63) is 81.0 Å². The van der Waals surface area contributed by atoms with E-state index in [0.29, 0.717) is 12.6 Å². The van der Waals surface area contributed by atoms with Crippen molar-refractivity contribution in [2.75, 3.05) is 13.2 Å². The molecule has 0 saturated heterocycles. The first kappa shape index (κ1) is 23.1. The van der Waals surface area contributed by atoms with Crippen LogP contribution in [0.25, 0.3) is 15.9 Å². The van der Waals surface area contributed by atoms with E-state index in [-0.39, 0.29) is 5.56 Å². The Balaban J connectivity index is 1.62. The molecule has 0 bridgehead atoms. The highest BCUT2D eigenvalue weighted by Crippen LogP contribution is 2.35. The van der Waals surface area contributed by atoms with Gasteiger partial charge in [-0.3, -0.25) is 14.3 Å². The zero-order chi connectivity index (χ0) is 23.7. The van der Waals surface area contributed by atoms with Crippen LogP contribution >= 0.6 is 23.1 Å². The number of thioether (sulfide) groups is 1. The Morgan fingerprint density at radius 3 is 2.59 bits per heavy atom. The van der Waals surface area contributed by atoms with Gasteiger partial charge < -0.3 is 4.74 Å². The minimum Gasteiger partial charge on any atom is -0.494 e. The van der Waals surface area contributed by atoms with Gasteiger partial charge in [-0.1, -0.05) is 42.1 Å². The standard InChI is InChI=1S/C27H29N3O2S2/c1-4-32-21-12-10-20(11-13-21)30-26(31)24-22-14-15-29(18(2)3)16-23(22)34-25(24)28-27(30)33-17-19-8-6-5-7-9-19/h5-13,18H,4,14-17H2,1-3H3. The third-order valence-electron chi connectivity index (χ3n) is 6.22. The molecule has 0 fully saturated rings. The molecule has 1 aliphatic rings. The van der Waals surface area contributed by atoms with Crippen LogP contribution in [-0.2, 0) is 18.7 Å². The van der Waals surface area contributed by atoms with Crippen LogP contribution in [0, 0.1) is 0 Å². The van der Waals surface area contributed by atoms with Crippen LogP contribution in [0.3, 0.4) is 0 Å². The lowest BCUT2D eigenvalue weighted by Crippen LogP contribution is -2.35. The lowest BCUT2D eigenvalue weighted by atomic mass is 10.0. The normalized spacial score (nSPS) is 14.0. The Labute approximate surface area is 208 Å². The van der Waals surface area contributed by atoms with Crippen molar-refractivity contribution >= 4 is 33.3 Å². The fraction of sp³-hybridized carbons (Fsp3) is 0.333. The Morgan fingerprint density at radius 1 is 1.12 bits per heavy atom. The van der Waals surface area contributed by atoms with Gasteiger partial charge >= 0.3 is 0 Å². The first-order chi connectivity index (χ1) is 16.5. The van der Waals surface area contributed by atoms with Crippen molar-refractivity contribution in [3.63, 3.8) is 0 Å². The highest BCUT2D eigenvalue weighted by molar-refractivity contribution is 7.98. The number of fused-ring (bicyclic) bond motifs is 3. The number of hydrogen-bond donors (Lipinski definition) is 0. The maximum absolute atomic E-state index is 14.0. The maximum atomic E-state index is 14.0. The first-order valence-corrected chi connectivity index (χ1v) is 13.6. The van der Waals surface area contributed by atoms with Crippen LogP contribution in [-0.4, -0.2) is 33.6 Å². The lowest BCUT2D eigenvalue weighted by Gasteiger charge is -2.30. The molecule has 2 aromatic carbocycles. The summed E-state index contributed by atoms with van der Waals surface area (Å²) in [7, 11) is 0.